The summed E-state index contributed by atoms with van der Waals surface area (Å²) >= 11 is 0. The van der Waals surface area contributed by atoms with Crippen LogP contribution in [-0.2, 0) is 65.4 Å². The normalized spacial score (nSPS) is 14.3. The van der Waals surface area contributed by atoms with E-state index < -0.39 is 97.5 Å². The van der Waals surface area contributed by atoms with E-state index in [-0.39, 0.29) is 25.7 Å². The molecule has 0 aromatic heterocycles. The van der Waals surface area contributed by atoms with Gasteiger partial charge in [-0.1, -0.05) is 273 Å². The second-order valence-electron chi connectivity index (χ2n) is 25.3. The number of aliphatic hydroxyl groups excluding tert-OH is 1. The van der Waals surface area contributed by atoms with Crippen LogP contribution in [0.15, 0.2) is 0 Å². The largest absolute Gasteiger partial charge is 0.472 e. The van der Waals surface area contributed by atoms with Gasteiger partial charge < -0.3 is 33.8 Å². The van der Waals surface area contributed by atoms with Gasteiger partial charge in [0.15, 0.2) is 12.2 Å². The van der Waals surface area contributed by atoms with Gasteiger partial charge in [-0.2, -0.15) is 0 Å². The predicted molar refractivity (Wildman–Crippen MR) is 340 cm³/mol. The molecule has 0 rings (SSSR count). The van der Waals surface area contributed by atoms with Crippen molar-refractivity contribution in [3.63, 3.8) is 0 Å². The first-order valence-corrected chi connectivity index (χ1v) is 37.3. The summed E-state index contributed by atoms with van der Waals surface area (Å²) in [5.74, 6) is 0.0374. The Morgan fingerprint density at radius 1 is 0.318 bits per heavy atom. The molecule has 3 N–H and O–H groups in total. The highest BCUT2D eigenvalue weighted by Crippen LogP contribution is 2.45. The van der Waals surface area contributed by atoms with Crippen LogP contribution in [0.4, 0.5) is 0 Å². The lowest BCUT2D eigenvalue weighted by Crippen LogP contribution is -2.30. The van der Waals surface area contributed by atoms with Gasteiger partial charge >= 0.3 is 39.5 Å². The number of rotatable bonds is 64. The average Bonchev–Trinajstić information content (AvgIpc) is 3.53. The van der Waals surface area contributed by atoms with Crippen molar-refractivity contribution in [1.29, 1.82) is 0 Å². The third-order valence-electron chi connectivity index (χ3n) is 15.1. The van der Waals surface area contributed by atoms with Gasteiger partial charge in [0.2, 0.25) is 0 Å². The number of phosphoric acid groups is 2. The molecule has 0 bridgehead atoms. The second kappa shape index (κ2) is 57.2. The number of hydrogen-bond acceptors (Lipinski definition) is 15. The first-order valence-electron chi connectivity index (χ1n) is 34.3. The van der Waals surface area contributed by atoms with Crippen molar-refractivity contribution in [1.82, 2.24) is 0 Å². The third-order valence-corrected chi connectivity index (χ3v) is 17.0. The van der Waals surface area contributed by atoms with E-state index in [0.717, 1.165) is 108 Å². The van der Waals surface area contributed by atoms with Crippen LogP contribution in [0, 0.1) is 17.8 Å². The number of esters is 4. The number of carbonyl (C=O) groups is 4. The Morgan fingerprint density at radius 2 is 0.541 bits per heavy atom. The average molecular weight is 1260 g/mol. The van der Waals surface area contributed by atoms with E-state index in [0.29, 0.717) is 31.6 Å². The minimum atomic E-state index is -4.95. The fourth-order valence-electron chi connectivity index (χ4n) is 9.83. The number of unbranched alkanes of at least 4 members (excludes halogenated alkanes) is 32. The highest BCUT2D eigenvalue weighted by molar-refractivity contribution is 7.47. The molecule has 0 amide bonds. The van der Waals surface area contributed by atoms with E-state index in [9.17, 15) is 43.2 Å². The topological polar surface area (TPSA) is 237 Å². The van der Waals surface area contributed by atoms with Gasteiger partial charge in [-0.15, -0.1) is 0 Å². The van der Waals surface area contributed by atoms with Crippen molar-refractivity contribution in [3.8, 4) is 0 Å². The zero-order valence-corrected chi connectivity index (χ0v) is 56.9. The molecule has 0 aliphatic rings. The zero-order chi connectivity index (χ0) is 63.1. The van der Waals surface area contributed by atoms with Crippen molar-refractivity contribution >= 4 is 39.5 Å². The lowest BCUT2D eigenvalue weighted by Gasteiger charge is -2.21. The molecule has 0 aliphatic carbocycles. The van der Waals surface area contributed by atoms with E-state index >= 15 is 0 Å². The first kappa shape index (κ1) is 83.1. The molecule has 5 atom stereocenters. The fraction of sp³-hybridized carbons (Fsp3) is 0.939. The van der Waals surface area contributed by atoms with E-state index in [2.05, 4.69) is 48.5 Å². The van der Waals surface area contributed by atoms with Crippen molar-refractivity contribution < 1.29 is 80.2 Å². The van der Waals surface area contributed by atoms with Gasteiger partial charge in [0.25, 0.3) is 0 Å². The summed E-state index contributed by atoms with van der Waals surface area (Å²) in [5.41, 5.74) is 0. The summed E-state index contributed by atoms with van der Waals surface area (Å²) in [6.45, 7) is 11.7. The van der Waals surface area contributed by atoms with E-state index in [4.69, 9.17) is 37.0 Å². The standard InChI is InChI=1S/C66H128O17P2/c1-8-9-10-11-12-13-15-19-26-35-42-49-65(70)83-62(54-77-64(69)48-41-34-29-28-32-39-46-59(6)7)56-81-85(74,75)79-52-60(67)51-78-84(72,73)80-55-61(53-76-63(68)47-40-33-25-22-21-24-31-38-45-58(4)5)82-66(71)50-43-36-27-20-17-14-16-18-23-30-37-44-57(2)3/h57-62,67H,8-56H2,1-7H3,(H,72,73)(H,74,75)/t60-,61-,62-/m1/s1. The third kappa shape index (κ3) is 60.7. The molecule has 0 saturated carbocycles. The summed E-state index contributed by atoms with van der Waals surface area (Å²) in [6.07, 6.45) is 39.0. The number of aliphatic hydroxyl groups is 1. The lowest BCUT2D eigenvalue weighted by atomic mass is 10.0. The molecule has 0 saturated heterocycles. The summed E-state index contributed by atoms with van der Waals surface area (Å²) < 4.78 is 68.1. The van der Waals surface area contributed by atoms with Gasteiger partial charge in [0.1, 0.15) is 19.3 Å². The van der Waals surface area contributed by atoms with Crippen LogP contribution in [0.2, 0.25) is 0 Å². The molecule has 0 aromatic rings. The van der Waals surface area contributed by atoms with Crippen LogP contribution in [0.3, 0.4) is 0 Å². The van der Waals surface area contributed by atoms with Crippen LogP contribution in [-0.4, -0.2) is 96.7 Å². The SMILES string of the molecule is CCCCCCCCCCCCCC(=O)O[C@H](COC(=O)CCCCCCCCC(C)C)COP(=O)(O)OC[C@H](O)COP(=O)(O)OC[C@@H](COC(=O)CCCCCCCCCCC(C)C)OC(=O)CCCCCCCCCCCCCC(C)C. The van der Waals surface area contributed by atoms with Gasteiger partial charge in [0.05, 0.1) is 26.4 Å². The molecular formula is C66H128O17P2. The number of hydrogen-bond donors (Lipinski definition) is 3. The summed E-state index contributed by atoms with van der Waals surface area (Å²) in [6, 6.07) is 0. The molecule has 504 valence electrons. The lowest BCUT2D eigenvalue weighted by molar-refractivity contribution is -0.161. The number of phosphoric ester groups is 2. The van der Waals surface area contributed by atoms with Gasteiger partial charge in [-0.05, 0) is 43.4 Å². The number of carbonyl (C=O) groups excluding carboxylic acids is 4. The van der Waals surface area contributed by atoms with Gasteiger partial charge in [-0.3, -0.25) is 37.3 Å². The Bertz CT molecular complexity index is 1680. The Labute approximate surface area is 517 Å². The molecule has 0 aromatic carbocycles. The molecule has 2 unspecified atom stereocenters. The minimum absolute atomic E-state index is 0.105. The van der Waals surface area contributed by atoms with Crippen LogP contribution in [0.5, 0.6) is 0 Å². The Balaban J connectivity index is 5.25. The first-order chi connectivity index (χ1) is 40.7. The molecule has 0 heterocycles. The molecule has 85 heavy (non-hydrogen) atoms. The highest BCUT2D eigenvalue weighted by Gasteiger charge is 2.30. The van der Waals surface area contributed by atoms with Crippen LogP contribution in [0.1, 0.15) is 325 Å². The zero-order valence-electron chi connectivity index (χ0n) is 55.1. The predicted octanol–water partition coefficient (Wildman–Crippen LogP) is 18.3. The quantitative estimate of drug-likeness (QED) is 0.0222. The maximum Gasteiger partial charge on any atom is 0.472 e. The molecule has 0 fully saturated rings. The second-order valence-corrected chi connectivity index (χ2v) is 28.2. The summed E-state index contributed by atoms with van der Waals surface area (Å²) in [4.78, 5) is 72.3. The summed E-state index contributed by atoms with van der Waals surface area (Å²) in [7, 11) is -9.89. The molecule has 0 spiro atoms. The van der Waals surface area contributed by atoms with Crippen molar-refractivity contribution in [2.24, 2.45) is 17.8 Å². The van der Waals surface area contributed by atoms with Crippen LogP contribution >= 0.6 is 15.6 Å². The summed E-state index contributed by atoms with van der Waals surface area (Å²) in [5, 5.41) is 10.5. The van der Waals surface area contributed by atoms with Gasteiger partial charge in [-0.25, -0.2) is 9.13 Å². The molecule has 0 aliphatic heterocycles. The fourth-order valence-corrected chi connectivity index (χ4v) is 11.4. The Morgan fingerprint density at radius 3 is 0.800 bits per heavy atom. The Hall–Kier alpha value is -1.94. The molecule has 19 heteroatoms. The Kier molecular flexibility index (Phi) is 55.9. The molecule has 0 radical (unpaired) electrons. The minimum Gasteiger partial charge on any atom is -0.462 e. The van der Waals surface area contributed by atoms with E-state index in [1.54, 1.807) is 0 Å². The molecular weight excluding hydrogens is 1130 g/mol. The van der Waals surface area contributed by atoms with Crippen molar-refractivity contribution in [2.45, 2.75) is 343 Å². The van der Waals surface area contributed by atoms with Crippen molar-refractivity contribution in [2.75, 3.05) is 39.6 Å². The van der Waals surface area contributed by atoms with Crippen LogP contribution < -0.4 is 0 Å². The van der Waals surface area contributed by atoms with Crippen molar-refractivity contribution in [3.05, 3.63) is 0 Å². The molecule has 17 nitrogen and oxygen atoms in total. The monoisotopic (exact) mass is 1250 g/mol. The van der Waals surface area contributed by atoms with Crippen LogP contribution in [0.25, 0.3) is 0 Å². The van der Waals surface area contributed by atoms with Gasteiger partial charge in [0, 0.05) is 25.7 Å². The maximum absolute atomic E-state index is 13.0. The maximum atomic E-state index is 13.0. The van der Waals surface area contributed by atoms with E-state index in [1.807, 2.05) is 0 Å². The number of ether oxygens (including phenoxy) is 4. The smallest absolute Gasteiger partial charge is 0.462 e. The van der Waals surface area contributed by atoms with E-state index in [1.165, 1.54) is 128 Å². The highest BCUT2D eigenvalue weighted by atomic mass is 31.2.